The van der Waals surface area contributed by atoms with E-state index >= 15 is 0 Å². The van der Waals surface area contributed by atoms with E-state index in [9.17, 15) is 4.79 Å². The molecule has 74 valence electrons. The van der Waals surface area contributed by atoms with E-state index in [2.05, 4.69) is 11.6 Å². The average molecular weight is 189 g/mol. The van der Waals surface area contributed by atoms with E-state index in [4.69, 9.17) is 0 Å². The number of carbonyl (C=O) groups excluding carboxylic acids is 1. The van der Waals surface area contributed by atoms with Gasteiger partial charge in [-0.15, -0.1) is 0 Å². The van der Waals surface area contributed by atoms with Gasteiger partial charge in [-0.1, -0.05) is 25.1 Å². The summed E-state index contributed by atoms with van der Waals surface area (Å²) in [7, 11) is 0. The Balaban J connectivity index is 2.46. The van der Waals surface area contributed by atoms with Crippen molar-refractivity contribution in [2.45, 2.75) is 26.2 Å². The molecule has 0 aliphatic rings. The topological polar surface area (TPSA) is 30.0 Å². The van der Waals surface area contributed by atoms with Gasteiger partial charge in [0.2, 0.25) is 0 Å². The second-order valence-electron chi connectivity index (χ2n) is 3.32. The molecule has 0 spiro atoms. The number of carbonyl (C=O) groups is 1. The molecule has 1 rings (SSSR count). The van der Waals surface area contributed by atoms with Gasteiger partial charge in [-0.2, -0.15) is 0 Å². The molecule has 2 nitrogen and oxygen atoms in total. The lowest BCUT2D eigenvalue weighted by Gasteiger charge is -2.01. The summed E-state index contributed by atoms with van der Waals surface area (Å²) in [6.07, 6.45) is 3.47. The smallest absolute Gasteiger partial charge is 0.142 e. The first-order valence-electron chi connectivity index (χ1n) is 4.80. The molecule has 0 bridgehead atoms. The normalized spacial score (nSPS) is 9.79. The van der Waals surface area contributed by atoms with Crippen LogP contribution in [0.5, 0.6) is 0 Å². The Kier molecular flexibility index (Phi) is 4.05. The highest BCUT2D eigenvalue weighted by Gasteiger charge is 2.05. The first kappa shape index (κ1) is 10.6. The lowest BCUT2D eigenvalue weighted by molar-refractivity contribution is -0.117. The minimum absolute atomic E-state index is 0.190. The van der Waals surface area contributed by atoms with Crippen molar-refractivity contribution in [3.63, 3.8) is 0 Å². The lowest BCUT2D eigenvalue weighted by atomic mass is 10.1. The third kappa shape index (κ3) is 3.52. The van der Waals surface area contributed by atoms with E-state index < -0.39 is 0 Å². The van der Waals surface area contributed by atoms with E-state index in [1.165, 1.54) is 0 Å². The number of Topliss-reactive ketones (excluding diaryl/α,β-unsaturated/α-hetero) is 1. The van der Waals surface area contributed by atoms with Crippen LogP contribution in [0, 0.1) is 0 Å². The van der Waals surface area contributed by atoms with Crippen molar-refractivity contribution in [2.75, 3.05) is 0 Å². The summed E-state index contributed by atoms with van der Waals surface area (Å²) in [5, 5.41) is 0. The molecule has 1 heterocycles. The number of ketones is 1. The van der Waals surface area contributed by atoms with Gasteiger partial charge in [0, 0.05) is 24.7 Å². The Labute approximate surface area is 84.7 Å². The monoisotopic (exact) mass is 189 g/mol. The van der Waals surface area contributed by atoms with Gasteiger partial charge >= 0.3 is 0 Å². The molecule has 0 unspecified atom stereocenters. The predicted octanol–water partition coefficient (Wildman–Crippen LogP) is 2.55. The second-order valence-corrected chi connectivity index (χ2v) is 3.32. The summed E-state index contributed by atoms with van der Waals surface area (Å²) < 4.78 is 0. The quantitative estimate of drug-likeness (QED) is 0.666. The molecule has 1 aromatic heterocycles. The molecule has 0 fully saturated rings. The van der Waals surface area contributed by atoms with Gasteiger partial charge in [-0.3, -0.25) is 9.78 Å². The van der Waals surface area contributed by atoms with Crippen molar-refractivity contribution in [3.05, 3.63) is 42.2 Å². The second kappa shape index (κ2) is 5.32. The van der Waals surface area contributed by atoms with Gasteiger partial charge in [0.1, 0.15) is 5.78 Å². The molecular formula is C12H15NO. The summed E-state index contributed by atoms with van der Waals surface area (Å²) in [5.41, 5.74) is 1.83. The van der Waals surface area contributed by atoms with Gasteiger partial charge in [0.15, 0.2) is 0 Å². The van der Waals surface area contributed by atoms with Crippen LogP contribution in [0.4, 0.5) is 0 Å². The highest BCUT2D eigenvalue weighted by atomic mass is 16.1. The minimum Gasteiger partial charge on any atom is -0.299 e. The Hall–Kier alpha value is -1.44. The van der Waals surface area contributed by atoms with Crippen molar-refractivity contribution in [3.8, 4) is 0 Å². The number of hydrogen-bond donors (Lipinski definition) is 0. The van der Waals surface area contributed by atoms with Crippen LogP contribution >= 0.6 is 0 Å². The molecule has 0 saturated heterocycles. The predicted molar refractivity (Wildman–Crippen MR) is 57.0 cm³/mol. The zero-order valence-electron chi connectivity index (χ0n) is 8.49. The van der Waals surface area contributed by atoms with Gasteiger partial charge in [0.05, 0.1) is 0 Å². The molecule has 0 atom stereocenters. The summed E-state index contributed by atoms with van der Waals surface area (Å²) in [6.45, 7) is 5.82. The molecular weight excluding hydrogens is 174 g/mol. The van der Waals surface area contributed by atoms with Crippen LogP contribution in [0.15, 0.2) is 36.5 Å². The van der Waals surface area contributed by atoms with E-state index in [0.29, 0.717) is 12.8 Å². The summed E-state index contributed by atoms with van der Waals surface area (Å²) in [5.74, 6) is 0.190. The number of nitrogens with zero attached hydrogens (tertiary/aromatic N) is 1. The van der Waals surface area contributed by atoms with Gasteiger partial charge in [-0.25, -0.2) is 0 Å². The first-order valence-corrected chi connectivity index (χ1v) is 4.80. The molecule has 0 amide bonds. The Morgan fingerprint density at radius 1 is 1.50 bits per heavy atom. The standard InChI is InChI=1S/C12H15NO/c1-3-10(2)8-12(14)9-11-6-4-5-7-13-11/h4-7H,2-3,8-9H2,1H3. The number of rotatable bonds is 5. The number of aromatic nitrogens is 1. The number of allylic oxidation sites excluding steroid dienone is 1. The van der Waals surface area contributed by atoms with Crippen LogP contribution in [0.25, 0.3) is 0 Å². The van der Waals surface area contributed by atoms with Crippen LogP contribution < -0.4 is 0 Å². The van der Waals surface area contributed by atoms with Crippen molar-refractivity contribution < 1.29 is 4.79 Å². The fourth-order valence-corrected chi connectivity index (χ4v) is 1.17. The van der Waals surface area contributed by atoms with Crippen LogP contribution in [-0.4, -0.2) is 10.8 Å². The van der Waals surface area contributed by atoms with Gasteiger partial charge < -0.3 is 0 Å². The van der Waals surface area contributed by atoms with E-state index in [1.54, 1.807) is 6.20 Å². The highest BCUT2D eigenvalue weighted by molar-refractivity contribution is 5.82. The molecule has 0 N–H and O–H groups in total. The lowest BCUT2D eigenvalue weighted by Crippen LogP contribution is -2.04. The van der Waals surface area contributed by atoms with E-state index in [1.807, 2.05) is 25.1 Å². The zero-order chi connectivity index (χ0) is 10.4. The van der Waals surface area contributed by atoms with E-state index in [0.717, 1.165) is 17.7 Å². The molecule has 0 aliphatic heterocycles. The van der Waals surface area contributed by atoms with Gasteiger partial charge in [0.25, 0.3) is 0 Å². The molecule has 0 aliphatic carbocycles. The maximum Gasteiger partial charge on any atom is 0.142 e. The van der Waals surface area contributed by atoms with Gasteiger partial charge in [-0.05, 0) is 18.6 Å². The molecule has 0 aromatic carbocycles. The van der Waals surface area contributed by atoms with Crippen molar-refractivity contribution in [1.29, 1.82) is 0 Å². The molecule has 2 heteroatoms. The Morgan fingerprint density at radius 2 is 2.29 bits per heavy atom. The third-order valence-corrected chi connectivity index (χ3v) is 2.05. The SMILES string of the molecule is C=C(CC)CC(=O)Cc1ccccn1. The average Bonchev–Trinajstić information content (AvgIpc) is 2.19. The Bertz CT molecular complexity index is 316. The van der Waals surface area contributed by atoms with Crippen LogP contribution in [-0.2, 0) is 11.2 Å². The largest absolute Gasteiger partial charge is 0.299 e. The maximum atomic E-state index is 11.5. The molecule has 14 heavy (non-hydrogen) atoms. The summed E-state index contributed by atoms with van der Waals surface area (Å²) in [6, 6.07) is 5.61. The van der Waals surface area contributed by atoms with Crippen molar-refractivity contribution >= 4 is 5.78 Å². The third-order valence-electron chi connectivity index (χ3n) is 2.05. The molecule has 1 aromatic rings. The van der Waals surface area contributed by atoms with Crippen LogP contribution in [0.3, 0.4) is 0 Å². The minimum atomic E-state index is 0.190. The number of pyridine rings is 1. The molecule has 0 radical (unpaired) electrons. The zero-order valence-corrected chi connectivity index (χ0v) is 8.49. The van der Waals surface area contributed by atoms with Crippen molar-refractivity contribution in [2.24, 2.45) is 0 Å². The summed E-state index contributed by atoms with van der Waals surface area (Å²) >= 11 is 0. The van der Waals surface area contributed by atoms with E-state index in [-0.39, 0.29) is 5.78 Å². The first-order chi connectivity index (χ1) is 6.72. The van der Waals surface area contributed by atoms with Crippen molar-refractivity contribution in [1.82, 2.24) is 4.98 Å². The fourth-order valence-electron chi connectivity index (χ4n) is 1.17. The van der Waals surface area contributed by atoms with Crippen LogP contribution in [0.2, 0.25) is 0 Å². The molecule has 0 saturated carbocycles. The summed E-state index contributed by atoms with van der Waals surface area (Å²) in [4.78, 5) is 15.6. The maximum absolute atomic E-state index is 11.5. The fraction of sp³-hybridized carbons (Fsp3) is 0.333. The number of hydrogen-bond acceptors (Lipinski definition) is 2. The highest BCUT2D eigenvalue weighted by Crippen LogP contribution is 2.06. The van der Waals surface area contributed by atoms with Crippen LogP contribution in [0.1, 0.15) is 25.5 Å². The Morgan fingerprint density at radius 3 is 2.86 bits per heavy atom.